The van der Waals surface area contributed by atoms with Gasteiger partial charge in [0.25, 0.3) is 0 Å². The highest BCUT2D eigenvalue weighted by atomic mass is 32.2. The van der Waals surface area contributed by atoms with Crippen molar-refractivity contribution in [3.05, 3.63) is 65.5 Å². The van der Waals surface area contributed by atoms with E-state index in [0.29, 0.717) is 11.6 Å². The summed E-state index contributed by atoms with van der Waals surface area (Å²) >= 11 is 0. The minimum atomic E-state index is -4.14. The quantitative estimate of drug-likeness (QED) is 0.671. The van der Waals surface area contributed by atoms with Crippen LogP contribution >= 0.6 is 0 Å². The van der Waals surface area contributed by atoms with Gasteiger partial charge in [-0.2, -0.15) is 4.31 Å². The lowest BCUT2D eigenvalue weighted by molar-refractivity contribution is -0.127. The van der Waals surface area contributed by atoms with Crippen molar-refractivity contribution in [2.45, 2.75) is 4.90 Å². The second-order valence-corrected chi connectivity index (χ2v) is 8.44. The molecule has 0 radical (unpaired) electrons. The van der Waals surface area contributed by atoms with Crippen LogP contribution in [0.3, 0.4) is 0 Å². The van der Waals surface area contributed by atoms with Crippen molar-refractivity contribution in [3.63, 3.8) is 0 Å². The standard InChI is InChI=1S/C20H19F3N2O4S/c1-29-18-5-2-14(12-16(18)22)3-7-20(26)24-8-10-25(11-9-24)30(27,28)19-6-4-15(21)13-17(19)23/h2-7,12-13H,8-11H2,1H3/b7-3+. The van der Waals surface area contributed by atoms with Crippen LogP contribution in [-0.2, 0) is 14.8 Å². The van der Waals surface area contributed by atoms with Crippen LogP contribution in [0.25, 0.3) is 6.08 Å². The first-order valence-electron chi connectivity index (χ1n) is 8.98. The van der Waals surface area contributed by atoms with Gasteiger partial charge in [0, 0.05) is 38.3 Å². The molecule has 1 heterocycles. The highest BCUT2D eigenvalue weighted by Crippen LogP contribution is 2.22. The monoisotopic (exact) mass is 440 g/mol. The summed E-state index contributed by atoms with van der Waals surface area (Å²) in [5, 5.41) is 0. The molecule has 160 valence electrons. The molecule has 6 nitrogen and oxygen atoms in total. The van der Waals surface area contributed by atoms with Crippen LogP contribution in [0.5, 0.6) is 5.75 Å². The third-order valence-corrected chi connectivity index (χ3v) is 6.59. The van der Waals surface area contributed by atoms with Crippen molar-refractivity contribution < 1.29 is 31.1 Å². The molecule has 1 fully saturated rings. The Kier molecular flexibility index (Phi) is 6.47. The van der Waals surface area contributed by atoms with Gasteiger partial charge in [-0.3, -0.25) is 4.79 Å². The van der Waals surface area contributed by atoms with E-state index in [-0.39, 0.29) is 37.8 Å². The number of ether oxygens (including phenoxy) is 1. The van der Waals surface area contributed by atoms with Crippen LogP contribution in [0.15, 0.2) is 47.4 Å². The zero-order chi connectivity index (χ0) is 21.9. The first kappa shape index (κ1) is 21.8. The number of hydrogen-bond acceptors (Lipinski definition) is 4. The van der Waals surface area contributed by atoms with Crippen molar-refractivity contribution in [3.8, 4) is 5.75 Å². The molecule has 2 aromatic carbocycles. The molecular formula is C20H19F3N2O4S. The van der Waals surface area contributed by atoms with Gasteiger partial charge in [0.05, 0.1) is 7.11 Å². The van der Waals surface area contributed by atoms with Crippen LogP contribution in [0.4, 0.5) is 13.2 Å². The molecule has 1 amide bonds. The van der Waals surface area contributed by atoms with E-state index in [2.05, 4.69) is 0 Å². The predicted molar refractivity (Wildman–Crippen MR) is 104 cm³/mol. The Hall–Kier alpha value is -2.85. The summed E-state index contributed by atoms with van der Waals surface area (Å²) in [6, 6.07) is 6.53. The van der Waals surface area contributed by atoms with Gasteiger partial charge in [-0.15, -0.1) is 0 Å². The van der Waals surface area contributed by atoms with Gasteiger partial charge in [-0.1, -0.05) is 6.07 Å². The third kappa shape index (κ3) is 4.65. The smallest absolute Gasteiger partial charge is 0.246 e. The summed E-state index contributed by atoms with van der Waals surface area (Å²) < 4.78 is 71.7. The number of nitrogens with zero attached hydrogens (tertiary/aromatic N) is 2. The largest absolute Gasteiger partial charge is 0.494 e. The average molecular weight is 440 g/mol. The van der Waals surface area contributed by atoms with E-state index >= 15 is 0 Å². The zero-order valence-corrected chi connectivity index (χ0v) is 16.8. The minimum absolute atomic E-state index is 0.0319. The normalized spacial score (nSPS) is 15.5. The fourth-order valence-electron chi connectivity index (χ4n) is 3.03. The molecule has 1 saturated heterocycles. The van der Waals surface area contributed by atoms with Gasteiger partial charge in [-0.25, -0.2) is 21.6 Å². The second-order valence-electron chi connectivity index (χ2n) is 6.53. The summed E-state index contributed by atoms with van der Waals surface area (Å²) in [7, 11) is -2.79. The predicted octanol–water partition coefficient (Wildman–Crippen LogP) is 2.66. The SMILES string of the molecule is COc1ccc(/C=C/C(=O)N2CCN(S(=O)(=O)c3ccc(F)cc3F)CC2)cc1F. The summed E-state index contributed by atoms with van der Waals surface area (Å²) in [6.07, 6.45) is 2.72. The van der Waals surface area contributed by atoms with Crippen LogP contribution < -0.4 is 4.74 Å². The van der Waals surface area contributed by atoms with Gasteiger partial charge in [-0.05, 0) is 35.9 Å². The minimum Gasteiger partial charge on any atom is -0.494 e. The molecule has 0 atom stereocenters. The fourth-order valence-corrected chi connectivity index (χ4v) is 4.50. The average Bonchev–Trinajstić information content (AvgIpc) is 2.72. The number of benzene rings is 2. The Morgan fingerprint density at radius 2 is 1.70 bits per heavy atom. The number of carbonyl (C=O) groups excluding carboxylic acids is 1. The molecule has 1 aliphatic rings. The molecule has 1 aliphatic heterocycles. The molecule has 0 spiro atoms. The van der Waals surface area contributed by atoms with Gasteiger partial charge in [0.15, 0.2) is 11.6 Å². The van der Waals surface area contributed by atoms with E-state index in [1.54, 1.807) is 6.07 Å². The Labute approximate surface area is 172 Å². The Morgan fingerprint density at radius 1 is 1.00 bits per heavy atom. The maximum Gasteiger partial charge on any atom is 0.246 e. The molecule has 0 N–H and O–H groups in total. The van der Waals surface area contributed by atoms with Crippen molar-refractivity contribution >= 4 is 22.0 Å². The Bertz CT molecular complexity index is 1080. The van der Waals surface area contributed by atoms with Crippen molar-refractivity contribution in [1.82, 2.24) is 9.21 Å². The first-order chi connectivity index (χ1) is 14.2. The summed E-state index contributed by atoms with van der Waals surface area (Å²) in [6.45, 7) is 0.135. The molecule has 0 aliphatic carbocycles. The number of amides is 1. The van der Waals surface area contributed by atoms with Crippen LogP contribution in [0.1, 0.15) is 5.56 Å². The molecule has 30 heavy (non-hydrogen) atoms. The van der Waals surface area contributed by atoms with E-state index < -0.39 is 32.4 Å². The molecule has 0 unspecified atom stereocenters. The summed E-state index contributed by atoms with van der Waals surface area (Å²) in [5.41, 5.74) is 0.467. The number of halogens is 3. The van der Waals surface area contributed by atoms with E-state index in [9.17, 15) is 26.4 Å². The highest BCUT2D eigenvalue weighted by Gasteiger charge is 2.31. The second kappa shape index (κ2) is 8.88. The number of rotatable bonds is 5. The van der Waals surface area contributed by atoms with Crippen molar-refractivity contribution in [2.24, 2.45) is 0 Å². The number of hydrogen-bond donors (Lipinski definition) is 0. The van der Waals surface area contributed by atoms with Crippen molar-refractivity contribution in [2.75, 3.05) is 33.3 Å². The van der Waals surface area contributed by atoms with Gasteiger partial charge < -0.3 is 9.64 Å². The molecule has 0 saturated carbocycles. The van der Waals surface area contributed by atoms with E-state index in [4.69, 9.17) is 4.74 Å². The van der Waals surface area contributed by atoms with E-state index in [0.717, 1.165) is 16.4 Å². The number of carbonyl (C=O) groups is 1. The lowest BCUT2D eigenvalue weighted by atomic mass is 10.2. The fraction of sp³-hybridized carbons (Fsp3) is 0.250. The summed E-state index contributed by atoms with van der Waals surface area (Å²) in [5.74, 6) is -2.86. The molecule has 2 aromatic rings. The van der Waals surface area contributed by atoms with E-state index in [1.165, 1.54) is 36.3 Å². The maximum absolute atomic E-state index is 13.9. The van der Waals surface area contributed by atoms with Crippen LogP contribution in [0.2, 0.25) is 0 Å². The Morgan fingerprint density at radius 3 is 2.30 bits per heavy atom. The topological polar surface area (TPSA) is 66.9 Å². The zero-order valence-electron chi connectivity index (χ0n) is 16.0. The molecule has 3 rings (SSSR count). The number of piperazine rings is 1. The number of methoxy groups -OCH3 is 1. The van der Waals surface area contributed by atoms with Crippen LogP contribution in [0, 0.1) is 17.5 Å². The molecule has 10 heteroatoms. The lowest BCUT2D eigenvalue weighted by Crippen LogP contribution is -2.50. The van der Waals surface area contributed by atoms with Crippen LogP contribution in [-0.4, -0.2) is 56.8 Å². The third-order valence-electron chi connectivity index (χ3n) is 4.66. The number of sulfonamides is 1. The maximum atomic E-state index is 13.9. The molecule has 0 bridgehead atoms. The highest BCUT2D eigenvalue weighted by molar-refractivity contribution is 7.89. The molecule has 0 aromatic heterocycles. The van der Waals surface area contributed by atoms with Crippen molar-refractivity contribution in [1.29, 1.82) is 0 Å². The molecular weight excluding hydrogens is 421 g/mol. The van der Waals surface area contributed by atoms with Gasteiger partial charge >= 0.3 is 0 Å². The lowest BCUT2D eigenvalue weighted by Gasteiger charge is -2.33. The van der Waals surface area contributed by atoms with E-state index in [1.807, 2.05) is 0 Å². The Balaban J connectivity index is 1.63. The first-order valence-corrected chi connectivity index (χ1v) is 10.4. The van der Waals surface area contributed by atoms with Gasteiger partial charge in [0.2, 0.25) is 15.9 Å². The summed E-state index contributed by atoms with van der Waals surface area (Å²) in [4.78, 5) is 13.2. The van der Waals surface area contributed by atoms with Gasteiger partial charge in [0.1, 0.15) is 16.5 Å².